The van der Waals surface area contributed by atoms with Crippen molar-refractivity contribution in [3.8, 4) is 11.4 Å². The molecule has 3 N–H and O–H groups in total. The first kappa shape index (κ1) is 11.7. The summed E-state index contributed by atoms with van der Waals surface area (Å²) in [5, 5.41) is 0.611. The van der Waals surface area contributed by atoms with Crippen LogP contribution in [-0.4, -0.2) is 19.9 Å². The zero-order chi connectivity index (χ0) is 13.6. The smallest absolute Gasteiger partial charge is 0.327 e. The van der Waals surface area contributed by atoms with E-state index in [1.807, 2.05) is 19.1 Å². The van der Waals surface area contributed by atoms with Gasteiger partial charge in [0.15, 0.2) is 5.65 Å². The van der Waals surface area contributed by atoms with Crippen molar-refractivity contribution >= 4 is 22.8 Å². The summed E-state index contributed by atoms with van der Waals surface area (Å²) in [5.41, 5.74) is 1.06. The Bertz CT molecular complexity index is 891. The quantitative estimate of drug-likeness (QED) is 0.629. The topological polar surface area (TPSA) is 94.4 Å². The van der Waals surface area contributed by atoms with Gasteiger partial charge in [-0.3, -0.25) is 14.8 Å². The van der Waals surface area contributed by atoms with Crippen LogP contribution in [-0.2, 0) is 0 Å². The highest BCUT2D eigenvalue weighted by atomic mass is 35.5. The van der Waals surface area contributed by atoms with E-state index in [1.165, 1.54) is 0 Å². The number of nitrogens with zero attached hydrogens (tertiary/aromatic N) is 1. The maximum Gasteiger partial charge on any atom is 0.327 e. The Kier molecular flexibility index (Phi) is 2.53. The fourth-order valence-electron chi connectivity index (χ4n) is 1.81. The highest BCUT2D eigenvalue weighted by Gasteiger charge is 2.10. The molecule has 19 heavy (non-hydrogen) atoms. The summed E-state index contributed by atoms with van der Waals surface area (Å²) < 4.78 is 0. The van der Waals surface area contributed by atoms with E-state index in [9.17, 15) is 9.59 Å². The number of hydrogen-bond acceptors (Lipinski definition) is 3. The number of aryl methyl sites for hydroxylation is 1. The van der Waals surface area contributed by atoms with Crippen LogP contribution in [0, 0.1) is 6.92 Å². The number of rotatable bonds is 1. The van der Waals surface area contributed by atoms with Gasteiger partial charge in [-0.25, -0.2) is 9.78 Å². The summed E-state index contributed by atoms with van der Waals surface area (Å²) in [6, 6.07) is 5.45. The lowest BCUT2D eigenvalue weighted by Gasteiger charge is -2.00. The van der Waals surface area contributed by atoms with Gasteiger partial charge in [0.2, 0.25) is 0 Å². The SMILES string of the molecule is Cc1ccc(-c2nc3[nH]c(=O)[nH]c(=O)c3[nH]2)cc1Cl. The number of fused-ring (bicyclic) bond motifs is 1. The van der Waals surface area contributed by atoms with Crippen LogP contribution in [0.15, 0.2) is 27.8 Å². The van der Waals surface area contributed by atoms with Crippen LogP contribution in [0.2, 0.25) is 5.02 Å². The van der Waals surface area contributed by atoms with Gasteiger partial charge in [-0.05, 0) is 18.6 Å². The van der Waals surface area contributed by atoms with Crippen molar-refractivity contribution in [3.05, 3.63) is 49.6 Å². The van der Waals surface area contributed by atoms with Gasteiger partial charge >= 0.3 is 5.69 Å². The first-order valence-corrected chi connectivity index (χ1v) is 5.91. The van der Waals surface area contributed by atoms with E-state index in [4.69, 9.17) is 11.6 Å². The molecule has 96 valence electrons. The van der Waals surface area contributed by atoms with Gasteiger partial charge in [-0.1, -0.05) is 23.7 Å². The van der Waals surface area contributed by atoms with E-state index in [2.05, 4.69) is 19.9 Å². The molecule has 1 aromatic carbocycles. The standard InChI is InChI=1S/C12H9ClN4O2/c1-5-2-3-6(4-7(5)13)9-14-8-10(15-9)16-12(19)17-11(8)18/h2-4H,1H3,(H3,14,15,16,17,18,19). The summed E-state index contributed by atoms with van der Waals surface area (Å²) >= 11 is 6.05. The number of nitrogens with one attached hydrogen (secondary N) is 3. The van der Waals surface area contributed by atoms with Crippen molar-refractivity contribution < 1.29 is 0 Å². The van der Waals surface area contributed by atoms with Gasteiger partial charge < -0.3 is 4.98 Å². The molecule has 0 unspecified atom stereocenters. The molecule has 0 saturated heterocycles. The van der Waals surface area contributed by atoms with Crippen molar-refractivity contribution in [2.75, 3.05) is 0 Å². The van der Waals surface area contributed by atoms with Crippen LogP contribution < -0.4 is 11.2 Å². The third-order valence-corrected chi connectivity index (χ3v) is 3.24. The number of halogens is 1. The van der Waals surface area contributed by atoms with Crippen molar-refractivity contribution in [1.29, 1.82) is 0 Å². The van der Waals surface area contributed by atoms with Gasteiger partial charge in [0.25, 0.3) is 5.56 Å². The van der Waals surface area contributed by atoms with E-state index >= 15 is 0 Å². The van der Waals surface area contributed by atoms with Crippen LogP contribution in [0.5, 0.6) is 0 Å². The molecule has 0 spiro atoms. The Morgan fingerprint density at radius 1 is 1.16 bits per heavy atom. The van der Waals surface area contributed by atoms with Crippen LogP contribution in [0.3, 0.4) is 0 Å². The van der Waals surface area contributed by atoms with Crippen molar-refractivity contribution in [3.63, 3.8) is 0 Å². The largest absolute Gasteiger partial charge is 0.332 e. The van der Waals surface area contributed by atoms with E-state index in [-0.39, 0.29) is 11.2 Å². The Labute approximate surface area is 111 Å². The molecular formula is C12H9ClN4O2. The van der Waals surface area contributed by atoms with Gasteiger partial charge in [0.05, 0.1) is 0 Å². The fourth-order valence-corrected chi connectivity index (χ4v) is 1.99. The van der Waals surface area contributed by atoms with Crippen molar-refractivity contribution in [1.82, 2.24) is 19.9 Å². The summed E-state index contributed by atoms with van der Waals surface area (Å²) in [6.07, 6.45) is 0. The van der Waals surface area contributed by atoms with Crippen LogP contribution in [0.4, 0.5) is 0 Å². The number of imidazole rings is 1. The number of H-pyrrole nitrogens is 3. The molecule has 0 aliphatic rings. The summed E-state index contributed by atoms with van der Waals surface area (Å²) in [7, 11) is 0. The molecule has 2 aromatic heterocycles. The maximum absolute atomic E-state index is 11.6. The molecule has 0 aliphatic carbocycles. The predicted molar refractivity (Wildman–Crippen MR) is 72.5 cm³/mol. The van der Waals surface area contributed by atoms with Crippen molar-refractivity contribution in [2.24, 2.45) is 0 Å². The van der Waals surface area contributed by atoms with Crippen molar-refractivity contribution in [2.45, 2.75) is 6.92 Å². The molecule has 0 amide bonds. The van der Waals surface area contributed by atoms with Crippen LogP contribution in [0.1, 0.15) is 5.56 Å². The predicted octanol–water partition coefficient (Wildman–Crippen LogP) is 1.57. The summed E-state index contributed by atoms with van der Waals surface area (Å²) in [5.74, 6) is 0.476. The number of aromatic amines is 3. The zero-order valence-corrected chi connectivity index (χ0v) is 10.6. The molecule has 3 aromatic rings. The molecule has 0 aliphatic heterocycles. The zero-order valence-electron chi connectivity index (χ0n) is 9.87. The van der Waals surface area contributed by atoms with E-state index in [0.717, 1.165) is 11.1 Å². The Balaban J connectivity index is 2.26. The normalized spacial score (nSPS) is 11.1. The molecule has 6 nitrogen and oxygen atoms in total. The molecule has 0 atom stereocenters. The minimum absolute atomic E-state index is 0.223. The second-order valence-electron chi connectivity index (χ2n) is 4.18. The Hall–Kier alpha value is -2.34. The Morgan fingerprint density at radius 3 is 2.68 bits per heavy atom. The second kappa shape index (κ2) is 4.10. The van der Waals surface area contributed by atoms with Gasteiger partial charge in [-0.2, -0.15) is 0 Å². The Morgan fingerprint density at radius 2 is 1.95 bits per heavy atom. The summed E-state index contributed by atoms with van der Waals surface area (Å²) in [6.45, 7) is 1.90. The minimum atomic E-state index is -0.586. The van der Waals surface area contributed by atoms with E-state index in [0.29, 0.717) is 10.8 Å². The first-order chi connectivity index (χ1) is 9.04. The highest BCUT2D eigenvalue weighted by Crippen LogP contribution is 2.23. The summed E-state index contributed by atoms with van der Waals surface area (Å²) in [4.78, 5) is 34.4. The van der Waals surface area contributed by atoms with E-state index in [1.54, 1.807) is 6.07 Å². The fraction of sp³-hybridized carbons (Fsp3) is 0.0833. The first-order valence-electron chi connectivity index (χ1n) is 5.53. The van der Waals surface area contributed by atoms with Crippen LogP contribution in [0.25, 0.3) is 22.6 Å². The average Bonchev–Trinajstić information content (AvgIpc) is 2.76. The molecular weight excluding hydrogens is 268 g/mol. The lowest BCUT2D eigenvalue weighted by atomic mass is 10.1. The van der Waals surface area contributed by atoms with Gasteiger partial charge in [-0.15, -0.1) is 0 Å². The van der Waals surface area contributed by atoms with Gasteiger partial charge in [0, 0.05) is 10.6 Å². The number of aromatic nitrogens is 4. The number of benzene rings is 1. The van der Waals surface area contributed by atoms with Crippen LogP contribution >= 0.6 is 11.6 Å². The lowest BCUT2D eigenvalue weighted by Crippen LogP contribution is -2.21. The molecule has 2 heterocycles. The second-order valence-corrected chi connectivity index (χ2v) is 4.59. The molecule has 0 bridgehead atoms. The number of hydrogen-bond donors (Lipinski definition) is 3. The molecule has 0 saturated carbocycles. The third-order valence-electron chi connectivity index (χ3n) is 2.84. The monoisotopic (exact) mass is 276 g/mol. The highest BCUT2D eigenvalue weighted by molar-refractivity contribution is 6.31. The molecule has 3 rings (SSSR count). The third kappa shape index (κ3) is 1.96. The lowest BCUT2D eigenvalue weighted by molar-refractivity contribution is 1.07. The van der Waals surface area contributed by atoms with E-state index < -0.39 is 11.2 Å². The molecule has 0 radical (unpaired) electrons. The minimum Gasteiger partial charge on any atom is -0.332 e. The molecule has 0 fully saturated rings. The molecule has 7 heteroatoms. The van der Waals surface area contributed by atoms with Gasteiger partial charge in [0.1, 0.15) is 11.3 Å². The average molecular weight is 277 g/mol. The maximum atomic E-state index is 11.6.